The number of carbonyl (C=O) groups excluding carboxylic acids is 2. The third kappa shape index (κ3) is 10.0. The minimum atomic E-state index is -0.772. The molecule has 1 aliphatic heterocycles. The Labute approximate surface area is 287 Å². The molecule has 1 aliphatic rings. The zero-order valence-electron chi connectivity index (χ0n) is 29.9. The molecule has 2 amide bonds. The van der Waals surface area contributed by atoms with E-state index in [1.54, 1.807) is 24.1 Å². The van der Waals surface area contributed by atoms with Crippen LogP contribution in [0.1, 0.15) is 78.6 Å². The summed E-state index contributed by atoms with van der Waals surface area (Å²) in [5, 5.41) is 4.73. The summed E-state index contributed by atoms with van der Waals surface area (Å²) < 4.78 is 12.9. The van der Waals surface area contributed by atoms with E-state index in [1.807, 2.05) is 108 Å². The van der Waals surface area contributed by atoms with Gasteiger partial charge in [0.15, 0.2) is 11.5 Å². The number of fused-ring (bicyclic) bond motifs is 2. The summed E-state index contributed by atoms with van der Waals surface area (Å²) in [7, 11) is 1.70. The highest BCUT2D eigenvalue weighted by atomic mass is 35.5. The molecule has 3 aromatic carbocycles. The van der Waals surface area contributed by atoms with E-state index >= 15 is 0 Å². The molecule has 4 aromatic rings. The largest absolute Gasteiger partial charge is 0.454 e. The minimum Gasteiger partial charge on any atom is -0.454 e. The van der Waals surface area contributed by atoms with Crippen molar-refractivity contribution < 1.29 is 19.1 Å². The maximum absolute atomic E-state index is 13.8. The molecule has 2 heterocycles. The average molecular weight is 664 g/mol. The number of amides is 2. The van der Waals surface area contributed by atoms with Gasteiger partial charge in [-0.1, -0.05) is 103 Å². The molecule has 0 aliphatic carbocycles. The van der Waals surface area contributed by atoms with Crippen LogP contribution in [0, 0.1) is 12.8 Å². The van der Waals surface area contributed by atoms with Gasteiger partial charge in [0, 0.05) is 36.3 Å². The van der Waals surface area contributed by atoms with Crippen molar-refractivity contribution in [2.24, 2.45) is 5.92 Å². The van der Waals surface area contributed by atoms with Crippen molar-refractivity contribution >= 4 is 40.0 Å². The molecule has 1 atom stereocenters. The van der Waals surface area contributed by atoms with Crippen LogP contribution in [0.4, 0.5) is 5.69 Å². The number of benzene rings is 3. The predicted octanol–water partition coefficient (Wildman–Crippen LogP) is 9.39. The molecule has 0 saturated heterocycles. The molecular weight excluding hydrogens is 610 g/mol. The first-order valence-corrected chi connectivity index (χ1v) is 17.4. The van der Waals surface area contributed by atoms with E-state index < -0.39 is 6.04 Å². The number of likely N-dealkylation sites (N-methyl/N-ethyl adjacent to an activating group) is 1. The van der Waals surface area contributed by atoms with Crippen molar-refractivity contribution in [3.05, 3.63) is 88.6 Å². The molecular formula is C39H54ClN3O4. The lowest BCUT2D eigenvalue weighted by atomic mass is 10.0. The van der Waals surface area contributed by atoms with Gasteiger partial charge in [0.25, 0.3) is 0 Å². The zero-order valence-corrected chi connectivity index (χ0v) is 30.7. The van der Waals surface area contributed by atoms with Crippen molar-refractivity contribution in [3.63, 3.8) is 0 Å². The summed E-state index contributed by atoms with van der Waals surface area (Å²) >= 11 is 6.66. The lowest BCUT2D eigenvalue weighted by molar-refractivity contribution is -0.127. The van der Waals surface area contributed by atoms with E-state index in [1.165, 1.54) is 5.56 Å². The second kappa shape index (κ2) is 19.6. The first kappa shape index (κ1) is 39.2. The Balaban J connectivity index is 0.00000121. The Morgan fingerprint density at radius 1 is 0.915 bits per heavy atom. The molecule has 47 heavy (non-hydrogen) atoms. The number of anilines is 1. The Bertz CT molecular complexity index is 1570. The van der Waals surface area contributed by atoms with Crippen LogP contribution in [-0.4, -0.2) is 36.3 Å². The molecule has 8 heteroatoms. The number of rotatable bonds is 10. The maximum atomic E-state index is 13.8. The monoisotopic (exact) mass is 663 g/mol. The molecule has 0 radical (unpaired) electrons. The molecule has 1 aromatic heterocycles. The third-order valence-corrected chi connectivity index (χ3v) is 8.00. The van der Waals surface area contributed by atoms with E-state index in [9.17, 15) is 9.59 Å². The highest BCUT2D eigenvalue weighted by molar-refractivity contribution is 6.35. The molecule has 1 unspecified atom stereocenters. The molecule has 5 rings (SSSR count). The van der Waals surface area contributed by atoms with Crippen molar-refractivity contribution in [1.82, 2.24) is 9.88 Å². The van der Waals surface area contributed by atoms with Gasteiger partial charge in [-0.2, -0.15) is 0 Å². The summed E-state index contributed by atoms with van der Waals surface area (Å²) in [4.78, 5) is 29.0. The Hall–Kier alpha value is -3.97. The van der Waals surface area contributed by atoms with Crippen LogP contribution in [-0.2, 0) is 29.0 Å². The molecule has 0 bridgehead atoms. The van der Waals surface area contributed by atoms with Crippen molar-refractivity contribution in [2.75, 3.05) is 18.7 Å². The first-order chi connectivity index (χ1) is 22.7. The van der Waals surface area contributed by atoms with Gasteiger partial charge in [0.05, 0.1) is 10.5 Å². The van der Waals surface area contributed by atoms with Crippen molar-refractivity contribution in [1.29, 1.82) is 0 Å². The smallest absolute Gasteiger partial charge is 0.249 e. The number of nitrogens with zero attached hydrogens (tertiary/aromatic N) is 2. The quantitative estimate of drug-likeness (QED) is 0.183. The molecule has 0 saturated carbocycles. The SMILES string of the molecule is CC.CC.CC.Cc1c(CCC(C)C)c2c(Cl)cccc2n1CC(=O)NC(Cc1ccccc1)C(=O)N(C)c1ccc2c(c1)OCO2. The second-order valence-corrected chi connectivity index (χ2v) is 11.4. The van der Waals surface area contributed by atoms with E-state index in [0.717, 1.165) is 35.0 Å². The van der Waals surface area contributed by atoms with Crippen LogP contribution in [0.2, 0.25) is 5.02 Å². The van der Waals surface area contributed by atoms with Crippen LogP contribution >= 0.6 is 11.6 Å². The number of aromatic nitrogens is 1. The lowest BCUT2D eigenvalue weighted by Crippen LogP contribution is -2.49. The van der Waals surface area contributed by atoms with Crippen molar-refractivity contribution in [2.45, 2.75) is 94.2 Å². The topological polar surface area (TPSA) is 72.8 Å². The number of nitrogens with one attached hydrogen (secondary N) is 1. The highest BCUT2D eigenvalue weighted by Crippen LogP contribution is 2.36. The van der Waals surface area contributed by atoms with Gasteiger partial charge in [-0.3, -0.25) is 9.59 Å². The summed E-state index contributed by atoms with van der Waals surface area (Å²) in [6.07, 6.45) is 2.27. The second-order valence-electron chi connectivity index (χ2n) is 11.0. The van der Waals surface area contributed by atoms with E-state index in [-0.39, 0.29) is 25.2 Å². The normalized spacial score (nSPS) is 11.7. The molecule has 1 N–H and O–H groups in total. The van der Waals surface area contributed by atoms with Gasteiger partial charge in [0.1, 0.15) is 12.6 Å². The van der Waals surface area contributed by atoms with Gasteiger partial charge in [0.2, 0.25) is 18.6 Å². The Kier molecular flexibility index (Phi) is 16.4. The number of hydrogen-bond donors (Lipinski definition) is 1. The van der Waals surface area contributed by atoms with Gasteiger partial charge in [-0.15, -0.1) is 0 Å². The summed E-state index contributed by atoms with van der Waals surface area (Å²) in [5.41, 5.74) is 4.73. The zero-order chi connectivity index (χ0) is 35.1. The number of halogens is 1. The van der Waals surface area contributed by atoms with E-state index in [0.29, 0.717) is 34.5 Å². The fraction of sp³-hybridized carbons (Fsp3) is 0.436. The Morgan fingerprint density at radius 3 is 2.23 bits per heavy atom. The fourth-order valence-electron chi connectivity index (χ4n) is 5.39. The van der Waals surface area contributed by atoms with E-state index in [2.05, 4.69) is 19.2 Å². The summed E-state index contributed by atoms with van der Waals surface area (Å²) in [6.45, 7) is 18.7. The fourth-order valence-corrected chi connectivity index (χ4v) is 5.68. The first-order valence-electron chi connectivity index (χ1n) is 17.0. The number of carbonyl (C=O) groups is 2. The third-order valence-electron chi connectivity index (χ3n) is 7.69. The van der Waals surface area contributed by atoms with Crippen LogP contribution in [0.25, 0.3) is 10.9 Å². The average Bonchev–Trinajstić information content (AvgIpc) is 3.68. The summed E-state index contributed by atoms with van der Waals surface area (Å²) in [6, 6.07) is 20.1. The van der Waals surface area contributed by atoms with Crippen LogP contribution in [0.3, 0.4) is 0 Å². The standard InChI is InChI=1S/C33H36ClN3O4.3C2H6/c1-21(2)13-15-25-22(3)37(28-12-8-11-26(34)32(25)28)19-31(38)35-27(17-23-9-6-5-7-10-23)33(39)36(4)24-14-16-29-30(18-24)41-20-40-29;3*1-2/h5-12,14,16,18,21,27H,13,15,17,19-20H2,1-4H3,(H,35,38);3*1-2H3. The molecule has 256 valence electrons. The minimum absolute atomic E-state index is 0.0800. The maximum Gasteiger partial charge on any atom is 0.249 e. The van der Waals surface area contributed by atoms with Crippen LogP contribution in [0.5, 0.6) is 11.5 Å². The predicted molar refractivity (Wildman–Crippen MR) is 197 cm³/mol. The van der Waals surface area contributed by atoms with Crippen molar-refractivity contribution in [3.8, 4) is 11.5 Å². The van der Waals surface area contributed by atoms with Gasteiger partial charge in [-0.25, -0.2) is 0 Å². The number of ether oxygens (including phenoxy) is 2. The van der Waals surface area contributed by atoms with E-state index in [4.69, 9.17) is 21.1 Å². The highest BCUT2D eigenvalue weighted by Gasteiger charge is 2.27. The van der Waals surface area contributed by atoms with Crippen LogP contribution < -0.4 is 19.7 Å². The lowest BCUT2D eigenvalue weighted by Gasteiger charge is -2.25. The van der Waals surface area contributed by atoms with Crippen LogP contribution in [0.15, 0.2) is 66.7 Å². The van der Waals surface area contributed by atoms with Gasteiger partial charge >= 0.3 is 0 Å². The molecule has 0 fully saturated rings. The van der Waals surface area contributed by atoms with Gasteiger partial charge in [-0.05, 0) is 61.1 Å². The number of hydrogen-bond acceptors (Lipinski definition) is 4. The molecule has 7 nitrogen and oxygen atoms in total. The summed E-state index contributed by atoms with van der Waals surface area (Å²) in [5.74, 6) is 1.31. The number of aryl methyl sites for hydroxylation is 1. The van der Waals surface area contributed by atoms with Gasteiger partial charge < -0.3 is 24.3 Å². The Morgan fingerprint density at radius 2 is 1.57 bits per heavy atom. The molecule has 0 spiro atoms.